The van der Waals surface area contributed by atoms with Crippen molar-refractivity contribution in [3.63, 3.8) is 0 Å². The second-order valence-corrected chi connectivity index (χ2v) is 4.93. The van der Waals surface area contributed by atoms with Gasteiger partial charge in [-0.1, -0.05) is 30.9 Å². The predicted molar refractivity (Wildman–Crippen MR) is 61.4 cm³/mol. The van der Waals surface area contributed by atoms with Crippen LogP contribution in [0.1, 0.15) is 32.1 Å². The van der Waals surface area contributed by atoms with Crippen LogP contribution in [0.5, 0.6) is 0 Å². The van der Waals surface area contributed by atoms with E-state index in [1.54, 1.807) is 0 Å². The molecule has 2 N–H and O–H groups in total. The molecule has 4 nitrogen and oxygen atoms in total. The van der Waals surface area contributed by atoms with Gasteiger partial charge in [0.05, 0.1) is 17.3 Å². The minimum Gasteiger partial charge on any atom is -0.388 e. The van der Waals surface area contributed by atoms with E-state index in [2.05, 4.69) is 14.1 Å². The highest BCUT2D eigenvalue weighted by molar-refractivity contribution is 6.99. The number of hydrogen-bond donors (Lipinski definition) is 2. The molecular formula is C9H14ClN3OS. The molecule has 1 aliphatic rings. The molecule has 1 saturated carbocycles. The number of rotatable bonds is 3. The molecule has 0 amide bonds. The highest BCUT2D eigenvalue weighted by Crippen LogP contribution is 2.29. The summed E-state index contributed by atoms with van der Waals surface area (Å²) in [4.78, 5) is 0. The van der Waals surface area contributed by atoms with E-state index in [9.17, 15) is 5.11 Å². The van der Waals surface area contributed by atoms with Crippen molar-refractivity contribution in [1.29, 1.82) is 0 Å². The Morgan fingerprint density at radius 2 is 2.07 bits per heavy atom. The summed E-state index contributed by atoms with van der Waals surface area (Å²) < 4.78 is 7.86. The van der Waals surface area contributed by atoms with Crippen LogP contribution in [0.3, 0.4) is 0 Å². The molecule has 1 fully saturated rings. The number of aromatic nitrogens is 2. The number of halogens is 1. The zero-order chi connectivity index (χ0) is 10.7. The highest BCUT2D eigenvalue weighted by Gasteiger charge is 2.29. The van der Waals surface area contributed by atoms with Crippen LogP contribution in [0.4, 0.5) is 5.82 Å². The van der Waals surface area contributed by atoms with Crippen LogP contribution in [0.2, 0.25) is 5.15 Å². The quantitative estimate of drug-likeness (QED) is 0.861. The summed E-state index contributed by atoms with van der Waals surface area (Å²) in [6.07, 6.45) is 5.13. The minimum atomic E-state index is -0.592. The smallest absolute Gasteiger partial charge is 0.186 e. The van der Waals surface area contributed by atoms with Crippen molar-refractivity contribution >= 4 is 29.1 Å². The molecule has 15 heavy (non-hydrogen) atoms. The van der Waals surface area contributed by atoms with E-state index >= 15 is 0 Å². The number of aliphatic hydroxyl groups is 1. The summed E-state index contributed by atoms with van der Waals surface area (Å²) in [6, 6.07) is 0. The van der Waals surface area contributed by atoms with Gasteiger partial charge in [0, 0.05) is 6.54 Å². The van der Waals surface area contributed by atoms with Gasteiger partial charge in [0.2, 0.25) is 0 Å². The van der Waals surface area contributed by atoms with Crippen molar-refractivity contribution in [1.82, 2.24) is 8.75 Å². The average Bonchev–Trinajstić information content (AvgIpc) is 2.62. The Balaban J connectivity index is 1.89. The van der Waals surface area contributed by atoms with Gasteiger partial charge < -0.3 is 10.4 Å². The Morgan fingerprint density at radius 1 is 1.33 bits per heavy atom. The lowest BCUT2D eigenvalue weighted by Crippen LogP contribution is -2.38. The molecule has 0 spiro atoms. The zero-order valence-electron chi connectivity index (χ0n) is 8.37. The second kappa shape index (κ2) is 4.63. The molecule has 1 aliphatic carbocycles. The molecule has 1 heterocycles. The second-order valence-electron chi connectivity index (χ2n) is 4.04. The first-order chi connectivity index (χ1) is 7.20. The lowest BCUT2D eigenvalue weighted by Gasteiger charge is -2.32. The number of nitrogens with zero attached hydrogens (tertiary/aromatic N) is 2. The molecule has 0 bridgehead atoms. The zero-order valence-corrected chi connectivity index (χ0v) is 9.94. The molecule has 2 rings (SSSR count). The first-order valence-corrected chi connectivity index (χ1v) is 6.25. The highest BCUT2D eigenvalue weighted by atomic mass is 35.5. The Hall–Kier alpha value is -0.390. The van der Waals surface area contributed by atoms with Gasteiger partial charge in [0.25, 0.3) is 0 Å². The van der Waals surface area contributed by atoms with Gasteiger partial charge in [-0.05, 0) is 12.8 Å². The third-order valence-corrected chi connectivity index (χ3v) is 3.71. The van der Waals surface area contributed by atoms with Gasteiger partial charge in [-0.15, -0.1) is 0 Å². The van der Waals surface area contributed by atoms with Crippen LogP contribution in [0.15, 0.2) is 0 Å². The van der Waals surface area contributed by atoms with E-state index in [0.717, 1.165) is 37.4 Å². The van der Waals surface area contributed by atoms with E-state index in [1.165, 1.54) is 6.42 Å². The molecular weight excluding hydrogens is 234 g/mol. The summed E-state index contributed by atoms with van der Waals surface area (Å²) in [7, 11) is 0. The summed E-state index contributed by atoms with van der Waals surface area (Å²) in [5.74, 6) is 0.584. The Bertz CT molecular complexity index is 325. The van der Waals surface area contributed by atoms with Crippen LogP contribution in [0, 0.1) is 0 Å². The molecule has 84 valence electrons. The summed E-state index contributed by atoms with van der Waals surface area (Å²) in [6.45, 7) is 0.512. The Kier molecular flexibility index (Phi) is 3.43. The fourth-order valence-corrected chi connectivity index (χ4v) is 2.60. The van der Waals surface area contributed by atoms with Crippen molar-refractivity contribution in [2.24, 2.45) is 0 Å². The lowest BCUT2D eigenvalue weighted by atomic mass is 9.85. The SMILES string of the molecule is OC1(CNc2nsnc2Cl)CCCCC1. The molecule has 0 radical (unpaired) electrons. The van der Waals surface area contributed by atoms with Crippen LogP contribution >= 0.6 is 23.3 Å². The molecule has 0 aliphatic heterocycles. The molecule has 1 aromatic rings. The molecule has 0 saturated heterocycles. The van der Waals surface area contributed by atoms with E-state index in [0.29, 0.717) is 17.5 Å². The van der Waals surface area contributed by atoms with Gasteiger partial charge in [-0.25, -0.2) is 0 Å². The number of nitrogens with one attached hydrogen (secondary N) is 1. The minimum absolute atomic E-state index is 0.388. The van der Waals surface area contributed by atoms with Crippen molar-refractivity contribution < 1.29 is 5.11 Å². The fraction of sp³-hybridized carbons (Fsp3) is 0.778. The number of hydrogen-bond acceptors (Lipinski definition) is 5. The largest absolute Gasteiger partial charge is 0.388 e. The summed E-state index contributed by atoms with van der Waals surface area (Å²) >= 11 is 6.87. The summed E-state index contributed by atoms with van der Waals surface area (Å²) in [5, 5.41) is 13.7. The van der Waals surface area contributed by atoms with E-state index < -0.39 is 5.60 Å². The van der Waals surface area contributed by atoms with E-state index in [1.807, 2.05) is 0 Å². The van der Waals surface area contributed by atoms with Crippen LogP contribution in [-0.2, 0) is 0 Å². The van der Waals surface area contributed by atoms with Gasteiger partial charge in [-0.2, -0.15) is 8.75 Å². The van der Waals surface area contributed by atoms with Crippen LogP contribution < -0.4 is 5.32 Å². The Labute approximate surface area is 98.0 Å². The molecule has 6 heteroatoms. The van der Waals surface area contributed by atoms with Crippen LogP contribution in [0.25, 0.3) is 0 Å². The summed E-state index contributed by atoms with van der Waals surface area (Å²) in [5.41, 5.74) is -0.592. The van der Waals surface area contributed by atoms with Crippen molar-refractivity contribution in [3.05, 3.63) is 5.15 Å². The van der Waals surface area contributed by atoms with Gasteiger partial charge >= 0.3 is 0 Å². The normalized spacial score (nSPS) is 20.1. The van der Waals surface area contributed by atoms with E-state index in [-0.39, 0.29) is 0 Å². The molecule has 0 unspecified atom stereocenters. The fourth-order valence-electron chi connectivity index (χ4n) is 1.92. The molecule has 1 aromatic heterocycles. The van der Waals surface area contributed by atoms with Gasteiger partial charge in [0.15, 0.2) is 11.0 Å². The monoisotopic (exact) mass is 247 g/mol. The third kappa shape index (κ3) is 2.80. The average molecular weight is 248 g/mol. The maximum Gasteiger partial charge on any atom is 0.186 e. The number of anilines is 1. The van der Waals surface area contributed by atoms with Crippen LogP contribution in [-0.4, -0.2) is 26.0 Å². The Morgan fingerprint density at radius 3 is 2.67 bits per heavy atom. The first kappa shape index (κ1) is 11.1. The maximum atomic E-state index is 10.2. The van der Waals surface area contributed by atoms with Gasteiger partial charge in [-0.3, -0.25) is 0 Å². The topological polar surface area (TPSA) is 58.0 Å². The van der Waals surface area contributed by atoms with Crippen molar-refractivity contribution in [3.8, 4) is 0 Å². The van der Waals surface area contributed by atoms with Crippen molar-refractivity contribution in [2.45, 2.75) is 37.7 Å². The molecule has 0 atom stereocenters. The maximum absolute atomic E-state index is 10.2. The van der Waals surface area contributed by atoms with Crippen molar-refractivity contribution in [2.75, 3.05) is 11.9 Å². The third-order valence-electron chi connectivity index (χ3n) is 2.82. The predicted octanol–water partition coefficient (Wildman–Crippen LogP) is 2.30. The lowest BCUT2D eigenvalue weighted by molar-refractivity contribution is 0.0167. The van der Waals surface area contributed by atoms with E-state index in [4.69, 9.17) is 11.6 Å². The first-order valence-electron chi connectivity index (χ1n) is 5.14. The molecule has 0 aromatic carbocycles. The standard InChI is InChI=1S/C9H14ClN3OS/c10-7-8(13-15-12-7)11-6-9(14)4-2-1-3-5-9/h14H,1-6H2,(H,11,13). The van der Waals surface area contributed by atoms with Gasteiger partial charge in [0.1, 0.15) is 0 Å².